The van der Waals surface area contributed by atoms with Crippen LogP contribution in [0.2, 0.25) is 0 Å². The lowest BCUT2D eigenvalue weighted by Crippen LogP contribution is -2.06. The Balaban J connectivity index is 1.94. The molecule has 0 aromatic heterocycles. The average Bonchev–Trinajstić information content (AvgIpc) is 2.73. The monoisotopic (exact) mass is 398 g/mol. The maximum atomic E-state index is 11.7. The van der Waals surface area contributed by atoms with Crippen molar-refractivity contribution in [1.29, 1.82) is 0 Å². The SMILES string of the molecule is CCCCOC(=O)CCc1ccc(Oc2cc(C=CC(=O)OC)ccc2O)cc1. The number of phenols is 1. The van der Waals surface area contributed by atoms with Gasteiger partial charge >= 0.3 is 11.9 Å². The van der Waals surface area contributed by atoms with Crippen LogP contribution in [0.25, 0.3) is 6.08 Å². The molecule has 6 nitrogen and oxygen atoms in total. The summed E-state index contributed by atoms with van der Waals surface area (Å²) in [6, 6.07) is 12.0. The van der Waals surface area contributed by atoms with Gasteiger partial charge < -0.3 is 19.3 Å². The first-order chi connectivity index (χ1) is 14.0. The summed E-state index contributed by atoms with van der Waals surface area (Å²) in [5, 5.41) is 10.0. The van der Waals surface area contributed by atoms with Crippen LogP contribution < -0.4 is 4.74 Å². The zero-order valence-corrected chi connectivity index (χ0v) is 16.7. The molecule has 0 spiro atoms. The van der Waals surface area contributed by atoms with Crippen LogP contribution in [0.15, 0.2) is 48.5 Å². The number of unbranched alkanes of at least 4 members (excludes halogenated alkanes) is 1. The number of aromatic hydroxyl groups is 1. The zero-order valence-electron chi connectivity index (χ0n) is 16.7. The lowest BCUT2D eigenvalue weighted by molar-refractivity contribution is -0.143. The number of benzene rings is 2. The molecular formula is C23H26O6. The van der Waals surface area contributed by atoms with E-state index in [-0.39, 0.29) is 17.5 Å². The van der Waals surface area contributed by atoms with Crippen molar-refractivity contribution in [1.82, 2.24) is 0 Å². The summed E-state index contributed by atoms with van der Waals surface area (Å²) in [7, 11) is 1.30. The van der Waals surface area contributed by atoms with Crippen LogP contribution >= 0.6 is 0 Å². The van der Waals surface area contributed by atoms with E-state index in [9.17, 15) is 14.7 Å². The second-order valence-electron chi connectivity index (χ2n) is 6.40. The fourth-order valence-corrected chi connectivity index (χ4v) is 2.45. The number of rotatable bonds is 10. The summed E-state index contributed by atoms with van der Waals surface area (Å²) in [5.74, 6) is 0.137. The van der Waals surface area contributed by atoms with Gasteiger partial charge in [0.15, 0.2) is 11.5 Å². The van der Waals surface area contributed by atoms with Crippen LogP contribution in [0, 0.1) is 0 Å². The van der Waals surface area contributed by atoms with Crippen molar-refractivity contribution in [3.63, 3.8) is 0 Å². The average molecular weight is 398 g/mol. The van der Waals surface area contributed by atoms with Crippen molar-refractivity contribution in [2.45, 2.75) is 32.6 Å². The Morgan fingerprint density at radius 1 is 1.10 bits per heavy atom. The highest BCUT2D eigenvalue weighted by Gasteiger charge is 2.07. The van der Waals surface area contributed by atoms with Gasteiger partial charge in [0.2, 0.25) is 0 Å². The standard InChI is InChI=1S/C23H26O6/c1-3-4-15-28-23(26)14-8-17-5-10-19(11-6-17)29-21-16-18(7-12-20(21)24)9-13-22(25)27-2/h5-7,9-13,16,24H,3-4,8,14-15H2,1-2H3. The molecule has 0 heterocycles. The summed E-state index contributed by atoms with van der Waals surface area (Å²) in [4.78, 5) is 22.9. The largest absolute Gasteiger partial charge is 0.504 e. The van der Waals surface area contributed by atoms with Crippen LogP contribution in [0.5, 0.6) is 17.2 Å². The number of esters is 2. The minimum Gasteiger partial charge on any atom is -0.504 e. The third-order valence-electron chi connectivity index (χ3n) is 4.13. The van der Waals surface area contributed by atoms with E-state index in [4.69, 9.17) is 9.47 Å². The molecule has 0 aliphatic carbocycles. The lowest BCUT2D eigenvalue weighted by Gasteiger charge is -2.09. The first-order valence-corrected chi connectivity index (χ1v) is 9.53. The number of hydrogen-bond acceptors (Lipinski definition) is 6. The van der Waals surface area contributed by atoms with Gasteiger partial charge in [-0.15, -0.1) is 0 Å². The van der Waals surface area contributed by atoms with E-state index >= 15 is 0 Å². The first-order valence-electron chi connectivity index (χ1n) is 9.53. The van der Waals surface area contributed by atoms with E-state index < -0.39 is 5.97 Å². The van der Waals surface area contributed by atoms with E-state index in [0.29, 0.717) is 30.8 Å². The predicted octanol–water partition coefficient (Wildman–Crippen LogP) is 4.65. The molecule has 6 heteroatoms. The van der Waals surface area contributed by atoms with Crippen molar-refractivity contribution >= 4 is 18.0 Å². The Hall–Kier alpha value is -3.28. The van der Waals surface area contributed by atoms with Gasteiger partial charge in [0.1, 0.15) is 5.75 Å². The number of carbonyl (C=O) groups excluding carboxylic acids is 2. The zero-order chi connectivity index (χ0) is 21.1. The van der Waals surface area contributed by atoms with Crippen molar-refractivity contribution in [3.8, 4) is 17.2 Å². The van der Waals surface area contributed by atoms with Crippen molar-refractivity contribution in [2.24, 2.45) is 0 Å². The molecule has 0 aliphatic heterocycles. The first kappa shape index (κ1) is 22.0. The molecule has 0 aliphatic rings. The smallest absolute Gasteiger partial charge is 0.330 e. The fourth-order valence-electron chi connectivity index (χ4n) is 2.45. The molecule has 0 saturated heterocycles. The molecule has 0 atom stereocenters. The molecule has 0 bridgehead atoms. The van der Waals surface area contributed by atoms with Gasteiger partial charge in [-0.25, -0.2) is 4.79 Å². The van der Waals surface area contributed by atoms with Gasteiger partial charge in [-0.1, -0.05) is 31.5 Å². The minimum absolute atomic E-state index is 0.0147. The third-order valence-corrected chi connectivity index (χ3v) is 4.13. The summed E-state index contributed by atoms with van der Waals surface area (Å²) < 4.78 is 15.4. The second kappa shape index (κ2) is 11.5. The van der Waals surface area contributed by atoms with Gasteiger partial charge in [0.25, 0.3) is 0 Å². The van der Waals surface area contributed by atoms with Gasteiger partial charge in [-0.05, 0) is 54.3 Å². The molecule has 2 aromatic rings. The normalized spacial score (nSPS) is 10.7. The third kappa shape index (κ3) is 7.70. The molecule has 29 heavy (non-hydrogen) atoms. The van der Waals surface area contributed by atoms with Crippen molar-refractivity contribution in [2.75, 3.05) is 13.7 Å². The highest BCUT2D eigenvalue weighted by atomic mass is 16.5. The Morgan fingerprint density at radius 3 is 2.55 bits per heavy atom. The van der Waals surface area contributed by atoms with E-state index in [1.165, 1.54) is 19.3 Å². The quantitative estimate of drug-likeness (QED) is 0.356. The Kier molecular flexibility index (Phi) is 8.76. The molecule has 0 radical (unpaired) electrons. The number of carbonyl (C=O) groups is 2. The topological polar surface area (TPSA) is 82.1 Å². The molecule has 2 rings (SSSR count). The second-order valence-corrected chi connectivity index (χ2v) is 6.40. The Labute approximate surface area is 170 Å². The van der Waals surface area contributed by atoms with E-state index in [1.54, 1.807) is 30.3 Å². The molecule has 0 amide bonds. The fraction of sp³-hybridized carbons (Fsp3) is 0.304. The van der Waals surface area contributed by atoms with Crippen LogP contribution in [0.4, 0.5) is 0 Å². The van der Waals surface area contributed by atoms with Gasteiger partial charge in [0, 0.05) is 12.5 Å². The number of methoxy groups -OCH3 is 1. The number of aryl methyl sites for hydroxylation is 1. The van der Waals surface area contributed by atoms with Crippen LogP contribution in [-0.4, -0.2) is 30.8 Å². The summed E-state index contributed by atoms with van der Waals surface area (Å²) >= 11 is 0. The molecule has 154 valence electrons. The predicted molar refractivity (Wildman–Crippen MR) is 110 cm³/mol. The summed E-state index contributed by atoms with van der Waals surface area (Å²) in [6.45, 7) is 2.52. The van der Waals surface area contributed by atoms with Crippen molar-refractivity contribution < 1.29 is 28.9 Å². The highest BCUT2D eigenvalue weighted by molar-refractivity contribution is 5.87. The molecule has 1 N–H and O–H groups in total. The van der Waals surface area contributed by atoms with E-state index in [2.05, 4.69) is 4.74 Å². The Bertz CT molecular complexity index is 839. The lowest BCUT2D eigenvalue weighted by atomic mass is 10.1. The minimum atomic E-state index is -0.467. The van der Waals surface area contributed by atoms with Crippen molar-refractivity contribution in [3.05, 3.63) is 59.7 Å². The maximum Gasteiger partial charge on any atom is 0.330 e. The molecular weight excluding hydrogens is 372 g/mol. The van der Waals surface area contributed by atoms with Gasteiger partial charge in [0.05, 0.1) is 13.7 Å². The maximum absolute atomic E-state index is 11.7. The molecule has 0 fully saturated rings. The van der Waals surface area contributed by atoms with Crippen LogP contribution in [0.3, 0.4) is 0 Å². The van der Waals surface area contributed by atoms with Crippen LogP contribution in [-0.2, 0) is 25.5 Å². The molecule has 0 saturated carbocycles. The van der Waals surface area contributed by atoms with Gasteiger partial charge in [-0.2, -0.15) is 0 Å². The Morgan fingerprint density at radius 2 is 1.86 bits per heavy atom. The number of hydrogen-bond donors (Lipinski definition) is 1. The van der Waals surface area contributed by atoms with Crippen LogP contribution in [0.1, 0.15) is 37.3 Å². The van der Waals surface area contributed by atoms with E-state index in [1.807, 2.05) is 19.1 Å². The molecule has 0 unspecified atom stereocenters. The number of ether oxygens (including phenoxy) is 3. The molecule has 2 aromatic carbocycles. The highest BCUT2D eigenvalue weighted by Crippen LogP contribution is 2.32. The number of phenolic OH excluding ortho intramolecular Hbond substituents is 1. The summed E-state index contributed by atoms with van der Waals surface area (Å²) in [6.07, 6.45) is 5.65. The van der Waals surface area contributed by atoms with E-state index in [0.717, 1.165) is 18.4 Å². The van der Waals surface area contributed by atoms with Gasteiger partial charge in [-0.3, -0.25) is 4.79 Å². The summed E-state index contributed by atoms with van der Waals surface area (Å²) in [5.41, 5.74) is 1.67.